The van der Waals surface area contributed by atoms with Crippen LogP contribution in [-0.4, -0.2) is 17.8 Å². The van der Waals surface area contributed by atoms with E-state index in [0.29, 0.717) is 13.2 Å². The summed E-state index contributed by atoms with van der Waals surface area (Å²) in [5, 5.41) is 1.25. The van der Waals surface area contributed by atoms with E-state index >= 15 is 0 Å². The summed E-state index contributed by atoms with van der Waals surface area (Å²) < 4.78 is 13.4. The highest BCUT2D eigenvalue weighted by Gasteiger charge is 2.14. The molecular weight excluding hydrogens is 250 g/mol. The molecule has 3 nitrogen and oxygen atoms in total. The van der Waals surface area contributed by atoms with Crippen molar-refractivity contribution in [1.82, 2.24) is 4.57 Å². The lowest BCUT2D eigenvalue weighted by molar-refractivity contribution is 0.171. The minimum absolute atomic E-state index is 0.617. The van der Waals surface area contributed by atoms with Crippen LogP contribution < -0.4 is 9.47 Å². The average molecular weight is 265 g/mol. The Morgan fingerprint density at radius 1 is 0.900 bits per heavy atom. The van der Waals surface area contributed by atoms with Crippen molar-refractivity contribution in [2.75, 3.05) is 13.2 Å². The molecule has 0 saturated carbocycles. The van der Waals surface area contributed by atoms with E-state index in [0.717, 1.165) is 17.1 Å². The van der Waals surface area contributed by atoms with E-state index in [1.54, 1.807) is 0 Å². The zero-order chi connectivity index (χ0) is 13.5. The Balaban J connectivity index is 1.88. The predicted octanol–water partition coefficient (Wildman–Crippen LogP) is 3.62. The largest absolute Gasteiger partial charge is 0.486 e. The van der Waals surface area contributed by atoms with Crippen molar-refractivity contribution in [3.8, 4) is 22.8 Å². The summed E-state index contributed by atoms with van der Waals surface area (Å²) in [7, 11) is 2.09. The van der Waals surface area contributed by atoms with Gasteiger partial charge >= 0.3 is 0 Å². The first-order valence-corrected chi connectivity index (χ1v) is 6.77. The third-order valence-corrected chi connectivity index (χ3v) is 3.79. The van der Waals surface area contributed by atoms with Gasteiger partial charge in [-0.25, -0.2) is 0 Å². The molecule has 3 aromatic rings. The van der Waals surface area contributed by atoms with Crippen LogP contribution in [0.3, 0.4) is 0 Å². The molecule has 1 aliphatic rings. The highest BCUT2D eigenvalue weighted by atomic mass is 16.6. The van der Waals surface area contributed by atoms with Crippen molar-refractivity contribution in [2.45, 2.75) is 0 Å². The van der Waals surface area contributed by atoms with Crippen LogP contribution in [0.1, 0.15) is 0 Å². The van der Waals surface area contributed by atoms with E-state index < -0.39 is 0 Å². The molecule has 20 heavy (non-hydrogen) atoms. The average Bonchev–Trinajstić information content (AvgIpc) is 2.84. The van der Waals surface area contributed by atoms with Crippen molar-refractivity contribution in [3.05, 3.63) is 48.5 Å². The van der Waals surface area contributed by atoms with Crippen LogP contribution in [0.5, 0.6) is 11.5 Å². The molecule has 0 spiro atoms. The van der Waals surface area contributed by atoms with Gasteiger partial charge in [0, 0.05) is 29.2 Å². The topological polar surface area (TPSA) is 23.4 Å². The van der Waals surface area contributed by atoms with Gasteiger partial charge in [-0.3, -0.25) is 0 Å². The molecule has 1 aliphatic heterocycles. The Labute approximate surface area is 117 Å². The van der Waals surface area contributed by atoms with Crippen molar-refractivity contribution >= 4 is 10.9 Å². The number of hydrogen-bond donors (Lipinski definition) is 0. The highest BCUT2D eigenvalue weighted by Crippen LogP contribution is 2.36. The van der Waals surface area contributed by atoms with E-state index in [1.165, 1.54) is 16.6 Å². The number of aromatic nitrogens is 1. The number of aryl methyl sites for hydroxylation is 1. The first kappa shape index (κ1) is 11.4. The van der Waals surface area contributed by atoms with Gasteiger partial charge in [0.2, 0.25) is 0 Å². The van der Waals surface area contributed by atoms with Gasteiger partial charge in [-0.2, -0.15) is 0 Å². The Morgan fingerprint density at radius 2 is 1.70 bits per heavy atom. The molecule has 0 unspecified atom stereocenters. The number of fused-ring (bicyclic) bond motifs is 2. The molecule has 4 rings (SSSR count). The smallest absolute Gasteiger partial charge is 0.162 e. The second-order valence-corrected chi connectivity index (χ2v) is 5.01. The Morgan fingerprint density at radius 3 is 2.55 bits per heavy atom. The predicted molar refractivity (Wildman–Crippen MR) is 79.3 cm³/mol. The molecule has 3 heteroatoms. The van der Waals surface area contributed by atoms with Gasteiger partial charge in [0.1, 0.15) is 13.2 Å². The Bertz CT molecular complexity index is 789. The van der Waals surface area contributed by atoms with E-state index in [2.05, 4.69) is 54.1 Å². The lowest BCUT2D eigenvalue weighted by Gasteiger charge is -2.19. The van der Waals surface area contributed by atoms with Gasteiger partial charge in [-0.15, -0.1) is 0 Å². The third kappa shape index (κ3) is 1.67. The Kier molecular flexibility index (Phi) is 2.46. The van der Waals surface area contributed by atoms with E-state index in [4.69, 9.17) is 9.47 Å². The number of para-hydroxylation sites is 1. The maximum atomic E-state index is 5.67. The molecule has 0 saturated heterocycles. The number of rotatable bonds is 1. The summed E-state index contributed by atoms with van der Waals surface area (Å²) in [5.74, 6) is 1.66. The van der Waals surface area contributed by atoms with Crippen LogP contribution in [0.15, 0.2) is 48.5 Å². The fraction of sp³-hybridized carbons (Fsp3) is 0.176. The van der Waals surface area contributed by atoms with E-state index in [1.807, 2.05) is 6.07 Å². The minimum Gasteiger partial charge on any atom is -0.486 e. The molecule has 0 bridgehead atoms. The normalized spacial score (nSPS) is 13.7. The van der Waals surface area contributed by atoms with Crippen LogP contribution >= 0.6 is 0 Å². The first-order valence-electron chi connectivity index (χ1n) is 6.77. The molecule has 0 amide bonds. The number of nitrogens with zero attached hydrogens (tertiary/aromatic N) is 1. The van der Waals surface area contributed by atoms with Crippen LogP contribution in [0, 0.1) is 0 Å². The first-order chi connectivity index (χ1) is 9.83. The summed E-state index contributed by atoms with van der Waals surface area (Å²) in [6.45, 7) is 1.24. The van der Waals surface area contributed by atoms with Crippen molar-refractivity contribution in [3.63, 3.8) is 0 Å². The summed E-state index contributed by atoms with van der Waals surface area (Å²) in [6.07, 6.45) is 0. The van der Waals surface area contributed by atoms with Gasteiger partial charge in [0.05, 0.1) is 0 Å². The van der Waals surface area contributed by atoms with Gasteiger partial charge in [0.15, 0.2) is 11.5 Å². The van der Waals surface area contributed by atoms with Gasteiger partial charge in [-0.05, 0) is 30.3 Å². The highest BCUT2D eigenvalue weighted by molar-refractivity contribution is 5.87. The number of benzene rings is 2. The maximum Gasteiger partial charge on any atom is 0.162 e. The van der Waals surface area contributed by atoms with Crippen molar-refractivity contribution in [2.24, 2.45) is 7.05 Å². The van der Waals surface area contributed by atoms with Crippen LogP contribution in [0.25, 0.3) is 22.2 Å². The molecule has 2 heterocycles. The standard InChI is InChI=1S/C17H15NO2/c1-18-14-5-3-2-4-12(14)10-15(18)13-6-7-16-17(11-13)20-9-8-19-16/h2-7,10-11H,8-9H2,1H3. The molecule has 100 valence electrons. The summed E-state index contributed by atoms with van der Waals surface area (Å²) in [4.78, 5) is 0. The monoisotopic (exact) mass is 265 g/mol. The molecule has 0 fully saturated rings. The molecule has 1 aromatic heterocycles. The summed E-state index contributed by atoms with van der Waals surface area (Å²) >= 11 is 0. The van der Waals surface area contributed by atoms with Crippen LogP contribution in [0.4, 0.5) is 0 Å². The lowest BCUT2D eigenvalue weighted by atomic mass is 10.1. The second kappa shape index (κ2) is 4.30. The second-order valence-electron chi connectivity index (χ2n) is 5.01. The van der Waals surface area contributed by atoms with Crippen molar-refractivity contribution < 1.29 is 9.47 Å². The maximum absolute atomic E-state index is 5.67. The molecule has 0 atom stereocenters. The summed E-state index contributed by atoms with van der Waals surface area (Å²) in [6, 6.07) is 16.7. The fourth-order valence-corrected chi connectivity index (χ4v) is 2.77. The number of ether oxygens (including phenoxy) is 2. The number of hydrogen-bond acceptors (Lipinski definition) is 2. The zero-order valence-corrected chi connectivity index (χ0v) is 11.3. The lowest BCUT2D eigenvalue weighted by Crippen LogP contribution is -2.15. The van der Waals surface area contributed by atoms with E-state index in [9.17, 15) is 0 Å². The van der Waals surface area contributed by atoms with Gasteiger partial charge in [-0.1, -0.05) is 18.2 Å². The molecule has 2 aromatic carbocycles. The Hall–Kier alpha value is -2.42. The van der Waals surface area contributed by atoms with E-state index in [-0.39, 0.29) is 0 Å². The molecule has 0 N–H and O–H groups in total. The minimum atomic E-state index is 0.617. The zero-order valence-electron chi connectivity index (χ0n) is 11.3. The van der Waals surface area contributed by atoms with Crippen molar-refractivity contribution in [1.29, 1.82) is 0 Å². The quantitative estimate of drug-likeness (QED) is 0.671. The fourth-order valence-electron chi connectivity index (χ4n) is 2.77. The molecule has 0 radical (unpaired) electrons. The third-order valence-electron chi connectivity index (χ3n) is 3.79. The van der Waals surface area contributed by atoms with Gasteiger partial charge < -0.3 is 14.0 Å². The SMILES string of the molecule is Cn1c(-c2ccc3c(c2)OCCO3)cc2ccccc21. The van der Waals surface area contributed by atoms with Crippen LogP contribution in [-0.2, 0) is 7.05 Å². The summed E-state index contributed by atoms with van der Waals surface area (Å²) in [5.41, 5.74) is 3.56. The van der Waals surface area contributed by atoms with Crippen LogP contribution in [0.2, 0.25) is 0 Å². The molecular formula is C17H15NO2. The molecule has 0 aliphatic carbocycles. The van der Waals surface area contributed by atoms with Gasteiger partial charge in [0.25, 0.3) is 0 Å².